The molecule has 6 nitrogen and oxygen atoms in total. The van der Waals surface area contributed by atoms with Crippen molar-refractivity contribution in [2.24, 2.45) is 0 Å². The van der Waals surface area contributed by atoms with E-state index in [4.69, 9.17) is 16.3 Å². The van der Waals surface area contributed by atoms with Crippen LogP contribution in [0, 0.1) is 0 Å². The summed E-state index contributed by atoms with van der Waals surface area (Å²) in [5.41, 5.74) is 1.58. The molecule has 28 heavy (non-hydrogen) atoms. The van der Waals surface area contributed by atoms with E-state index in [1.807, 2.05) is 44.3 Å². The number of amides is 2. The summed E-state index contributed by atoms with van der Waals surface area (Å²) in [6, 6.07) is 14.8. The third-order valence-corrected chi connectivity index (χ3v) is 4.84. The van der Waals surface area contributed by atoms with E-state index in [1.165, 1.54) is 7.11 Å². The van der Waals surface area contributed by atoms with Gasteiger partial charge in [-0.05, 0) is 30.7 Å². The Bertz CT molecular complexity index is 814. The lowest BCUT2D eigenvalue weighted by molar-refractivity contribution is -0.862. The molecule has 0 spiro atoms. The monoisotopic (exact) mass is 404 g/mol. The van der Waals surface area contributed by atoms with Gasteiger partial charge in [0, 0.05) is 12.1 Å². The van der Waals surface area contributed by atoms with E-state index in [9.17, 15) is 9.59 Å². The first-order chi connectivity index (χ1) is 13.3. The third-order valence-electron chi connectivity index (χ3n) is 4.61. The normalized spacial score (nSPS) is 12.8. The number of carbonyl (C=O) groups is 2. The molecule has 1 unspecified atom stereocenters. The number of benzene rings is 2. The van der Waals surface area contributed by atoms with E-state index in [0.717, 1.165) is 10.5 Å². The number of anilines is 1. The molecule has 0 aliphatic carbocycles. The highest BCUT2D eigenvalue weighted by atomic mass is 35.5. The molecule has 2 rings (SSSR count). The Labute approximate surface area is 171 Å². The zero-order chi connectivity index (χ0) is 20.7. The van der Waals surface area contributed by atoms with Crippen molar-refractivity contribution in [1.29, 1.82) is 0 Å². The van der Waals surface area contributed by atoms with Gasteiger partial charge in [0.1, 0.15) is 5.75 Å². The molecular formula is C21H27ClN3O3+. The molecule has 0 bridgehead atoms. The van der Waals surface area contributed by atoms with Crippen molar-refractivity contribution >= 4 is 29.1 Å². The number of quaternary nitrogens is 1. The van der Waals surface area contributed by atoms with Crippen LogP contribution in [0.4, 0.5) is 5.69 Å². The summed E-state index contributed by atoms with van der Waals surface area (Å²) in [6.07, 6.45) is 0. The second kappa shape index (κ2) is 10.1. The van der Waals surface area contributed by atoms with Gasteiger partial charge in [-0.15, -0.1) is 0 Å². The van der Waals surface area contributed by atoms with Crippen molar-refractivity contribution in [2.45, 2.75) is 13.0 Å². The number of methoxy groups -OCH3 is 1. The molecule has 2 atom stereocenters. The summed E-state index contributed by atoms with van der Waals surface area (Å²) in [4.78, 5) is 27.4. The van der Waals surface area contributed by atoms with Crippen molar-refractivity contribution in [1.82, 2.24) is 4.90 Å². The number of likely N-dealkylation sites (N-methyl/N-ethyl adjacent to an activating group) is 2. The molecule has 0 aromatic heterocycles. The van der Waals surface area contributed by atoms with E-state index in [0.29, 0.717) is 16.5 Å². The fourth-order valence-corrected chi connectivity index (χ4v) is 3.03. The molecule has 0 saturated carbocycles. The van der Waals surface area contributed by atoms with Crippen LogP contribution in [0.1, 0.15) is 18.5 Å². The van der Waals surface area contributed by atoms with Crippen LogP contribution in [0.3, 0.4) is 0 Å². The number of hydrogen-bond acceptors (Lipinski definition) is 3. The Balaban J connectivity index is 1.90. The molecule has 7 heteroatoms. The van der Waals surface area contributed by atoms with Crippen LogP contribution in [0.2, 0.25) is 5.02 Å². The van der Waals surface area contributed by atoms with Gasteiger partial charge >= 0.3 is 0 Å². The lowest BCUT2D eigenvalue weighted by atomic mass is 10.1. The topological polar surface area (TPSA) is 63.1 Å². The van der Waals surface area contributed by atoms with Crippen LogP contribution in [0.15, 0.2) is 48.5 Å². The molecule has 150 valence electrons. The molecule has 2 N–H and O–H groups in total. The standard InChI is InChI=1S/C21H26ClN3O3/c1-15(16-8-6-5-7-9-16)25(3)21(27)14-24(2)13-20(26)23-18-12-17(22)10-11-19(18)28-4/h5-12,15H,13-14H2,1-4H3,(H,23,26)/p+1/t15-/m0/s1. The molecule has 0 saturated heterocycles. The molecule has 2 aromatic carbocycles. The number of carbonyl (C=O) groups excluding carboxylic acids is 2. The van der Waals surface area contributed by atoms with E-state index >= 15 is 0 Å². The first-order valence-corrected chi connectivity index (χ1v) is 9.45. The quantitative estimate of drug-likeness (QED) is 0.707. The van der Waals surface area contributed by atoms with Crippen LogP contribution in [0.25, 0.3) is 0 Å². The van der Waals surface area contributed by atoms with E-state index < -0.39 is 0 Å². The van der Waals surface area contributed by atoms with Crippen LogP contribution in [-0.4, -0.2) is 51.0 Å². The van der Waals surface area contributed by atoms with Crippen molar-refractivity contribution in [3.05, 3.63) is 59.1 Å². The average molecular weight is 405 g/mol. The number of rotatable bonds is 8. The van der Waals surface area contributed by atoms with Crippen LogP contribution in [0.5, 0.6) is 5.75 Å². The van der Waals surface area contributed by atoms with Gasteiger partial charge in [0.15, 0.2) is 13.1 Å². The zero-order valence-corrected chi connectivity index (χ0v) is 17.4. The van der Waals surface area contributed by atoms with Gasteiger partial charge in [0.05, 0.1) is 25.9 Å². The number of nitrogens with one attached hydrogen (secondary N) is 2. The third kappa shape index (κ3) is 5.97. The highest BCUT2D eigenvalue weighted by Crippen LogP contribution is 2.27. The summed E-state index contributed by atoms with van der Waals surface area (Å²) in [7, 11) is 5.12. The van der Waals surface area contributed by atoms with E-state index in [1.54, 1.807) is 30.1 Å². The average Bonchev–Trinajstić information content (AvgIpc) is 2.67. The first-order valence-electron chi connectivity index (χ1n) is 9.07. The van der Waals surface area contributed by atoms with Gasteiger partial charge in [-0.3, -0.25) is 9.59 Å². The van der Waals surface area contributed by atoms with Gasteiger partial charge in [0.25, 0.3) is 11.8 Å². The first kappa shape index (κ1) is 21.7. The Hall–Kier alpha value is -2.57. The van der Waals surface area contributed by atoms with Crippen LogP contribution < -0.4 is 15.0 Å². The largest absolute Gasteiger partial charge is 0.495 e. The maximum atomic E-state index is 12.6. The Morgan fingerprint density at radius 1 is 1.18 bits per heavy atom. The number of halogens is 1. The molecule has 0 fully saturated rings. The Morgan fingerprint density at radius 3 is 2.50 bits per heavy atom. The van der Waals surface area contributed by atoms with E-state index in [-0.39, 0.29) is 30.9 Å². The lowest BCUT2D eigenvalue weighted by Crippen LogP contribution is -3.11. The highest BCUT2D eigenvalue weighted by Gasteiger charge is 2.22. The zero-order valence-electron chi connectivity index (χ0n) is 16.7. The lowest BCUT2D eigenvalue weighted by Gasteiger charge is -2.26. The molecule has 0 heterocycles. The van der Waals surface area contributed by atoms with Crippen molar-refractivity contribution in [2.75, 3.05) is 39.6 Å². The smallest absolute Gasteiger partial charge is 0.279 e. The van der Waals surface area contributed by atoms with Gasteiger partial charge in [-0.1, -0.05) is 41.9 Å². The second-order valence-electron chi connectivity index (χ2n) is 6.79. The summed E-state index contributed by atoms with van der Waals surface area (Å²) in [6.45, 7) is 2.35. The Kier molecular flexibility index (Phi) is 7.84. The van der Waals surface area contributed by atoms with Gasteiger partial charge in [-0.25, -0.2) is 0 Å². The highest BCUT2D eigenvalue weighted by molar-refractivity contribution is 6.31. The summed E-state index contributed by atoms with van der Waals surface area (Å²) in [5.74, 6) is 0.287. The predicted molar refractivity (Wildman–Crippen MR) is 111 cm³/mol. The fourth-order valence-electron chi connectivity index (χ4n) is 2.86. The van der Waals surface area contributed by atoms with Crippen molar-refractivity contribution in [3.63, 3.8) is 0 Å². The number of hydrogen-bond donors (Lipinski definition) is 2. The summed E-state index contributed by atoms with van der Waals surface area (Å²) >= 11 is 5.98. The molecule has 0 radical (unpaired) electrons. The summed E-state index contributed by atoms with van der Waals surface area (Å²) < 4.78 is 5.23. The predicted octanol–water partition coefficient (Wildman–Crippen LogP) is 2.02. The minimum Gasteiger partial charge on any atom is -0.495 e. The fraction of sp³-hybridized carbons (Fsp3) is 0.333. The molecule has 0 aliphatic rings. The SMILES string of the molecule is COc1ccc(Cl)cc1NC(=O)C[NH+](C)CC(=O)N(C)[C@@H](C)c1ccccc1. The minimum atomic E-state index is -0.218. The molecule has 2 amide bonds. The molecular weight excluding hydrogens is 378 g/mol. The van der Waals surface area contributed by atoms with Crippen LogP contribution in [-0.2, 0) is 9.59 Å². The van der Waals surface area contributed by atoms with Gasteiger partial charge < -0.3 is 19.9 Å². The second-order valence-corrected chi connectivity index (χ2v) is 7.23. The maximum absolute atomic E-state index is 12.6. The van der Waals surface area contributed by atoms with Crippen molar-refractivity contribution in [3.8, 4) is 5.75 Å². The molecule has 0 aliphatic heterocycles. The number of nitrogens with zero attached hydrogens (tertiary/aromatic N) is 1. The van der Waals surface area contributed by atoms with Gasteiger partial charge in [-0.2, -0.15) is 0 Å². The number of ether oxygens (including phenoxy) is 1. The van der Waals surface area contributed by atoms with Crippen LogP contribution >= 0.6 is 11.6 Å². The van der Waals surface area contributed by atoms with Crippen molar-refractivity contribution < 1.29 is 19.2 Å². The molecule has 2 aromatic rings. The minimum absolute atomic E-state index is 0.0259. The van der Waals surface area contributed by atoms with Gasteiger partial charge in [0.2, 0.25) is 0 Å². The maximum Gasteiger partial charge on any atom is 0.279 e. The summed E-state index contributed by atoms with van der Waals surface area (Å²) in [5, 5.41) is 3.29. The Morgan fingerprint density at radius 2 is 1.86 bits per heavy atom. The van der Waals surface area contributed by atoms with E-state index in [2.05, 4.69) is 5.32 Å².